The summed E-state index contributed by atoms with van der Waals surface area (Å²) in [6.07, 6.45) is 6.59. The van der Waals surface area contributed by atoms with Gasteiger partial charge >= 0.3 is 5.69 Å². The highest BCUT2D eigenvalue weighted by molar-refractivity contribution is 6.32. The molecule has 1 rings (SSSR count). The van der Waals surface area contributed by atoms with E-state index in [2.05, 4.69) is 16.2 Å². The molecule has 0 aromatic carbocycles. The van der Waals surface area contributed by atoms with Gasteiger partial charge in [-0.15, -0.1) is 12.3 Å². The summed E-state index contributed by atoms with van der Waals surface area (Å²) in [5, 5.41) is 12.9. The minimum atomic E-state index is -0.745. The van der Waals surface area contributed by atoms with Crippen molar-refractivity contribution in [3.05, 3.63) is 33.1 Å². The van der Waals surface area contributed by atoms with Gasteiger partial charge in [0.05, 0.1) is 4.92 Å². The largest absolute Gasteiger partial charge is 0.351 e. The van der Waals surface area contributed by atoms with Gasteiger partial charge in [0.25, 0.3) is 5.91 Å². The van der Waals surface area contributed by atoms with Crippen LogP contribution in [-0.4, -0.2) is 22.4 Å². The third kappa shape index (κ3) is 3.16. The Bertz CT molecular complexity index is 496. The zero-order valence-electron chi connectivity index (χ0n) is 8.64. The first-order valence-corrected chi connectivity index (χ1v) is 4.96. The molecule has 1 aromatic heterocycles. The van der Waals surface area contributed by atoms with Crippen molar-refractivity contribution in [1.29, 1.82) is 0 Å². The minimum absolute atomic E-state index is 0.132. The number of pyridine rings is 1. The molecule has 17 heavy (non-hydrogen) atoms. The molecule has 0 aliphatic heterocycles. The maximum absolute atomic E-state index is 11.6. The highest BCUT2D eigenvalue weighted by atomic mass is 35.5. The van der Waals surface area contributed by atoms with Crippen molar-refractivity contribution in [3.8, 4) is 12.3 Å². The minimum Gasteiger partial charge on any atom is -0.351 e. The van der Waals surface area contributed by atoms with Gasteiger partial charge in [-0.3, -0.25) is 14.9 Å². The van der Waals surface area contributed by atoms with Crippen LogP contribution < -0.4 is 5.32 Å². The Kier molecular flexibility index (Phi) is 4.43. The molecule has 0 saturated carbocycles. The molecule has 0 spiro atoms. The van der Waals surface area contributed by atoms with Gasteiger partial charge in [0, 0.05) is 19.2 Å². The molecule has 0 aliphatic carbocycles. The molecule has 1 heterocycles. The maximum atomic E-state index is 11.6. The van der Waals surface area contributed by atoms with Crippen LogP contribution in [0.2, 0.25) is 5.15 Å². The summed E-state index contributed by atoms with van der Waals surface area (Å²) >= 11 is 5.56. The Morgan fingerprint density at radius 3 is 3.00 bits per heavy atom. The fraction of sp³-hybridized carbons (Fsp3) is 0.200. The van der Waals surface area contributed by atoms with Crippen molar-refractivity contribution in [1.82, 2.24) is 10.3 Å². The number of aromatic nitrogens is 1. The number of amides is 1. The monoisotopic (exact) mass is 253 g/mol. The van der Waals surface area contributed by atoms with E-state index >= 15 is 0 Å². The van der Waals surface area contributed by atoms with Gasteiger partial charge in [-0.1, -0.05) is 11.6 Å². The Morgan fingerprint density at radius 1 is 1.71 bits per heavy atom. The first-order valence-electron chi connectivity index (χ1n) is 4.58. The predicted molar refractivity (Wildman–Crippen MR) is 61.7 cm³/mol. The van der Waals surface area contributed by atoms with Crippen LogP contribution in [0.4, 0.5) is 5.69 Å². The van der Waals surface area contributed by atoms with E-state index in [9.17, 15) is 14.9 Å². The zero-order valence-corrected chi connectivity index (χ0v) is 9.40. The van der Waals surface area contributed by atoms with Crippen molar-refractivity contribution in [2.45, 2.75) is 6.42 Å². The Balaban J connectivity index is 2.98. The van der Waals surface area contributed by atoms with E-state index in [1.807, 2.05) is 0 Å². The number of nitrogens with one attached hydrogen (secondary N) is 1. The van der Waals surface area contributed by atoms with Crippen LogP contribution in [0, 0.1) is 22.5 Å². The molecular weight excluding hydrogens is 246 g/mol. The SMILES string of the molecule is C#CCCNC(=O)c1ccnc(Cl)c1[N+](=O)[O-]. The number of halogens is 1. The van der Waals surface area contributed by atoms with E-state index in [-0.39, 0.29) is 17.3 Å². The average Bonchev–Trinajstić information content (AvgIpc) is 2.28. The third-order valence-corrected chi connectivity index (χ3v) is 2.14. The molecule has 0 aliphatic rings. The second-order valence-corrected chi connectivity index (χ2v) is 3.32. The van der Waals surface area contributed by atoms with Crippen LogP contribution in [0.25, 0.3) is 0 Å². The van der Waals surface area contributed by atoms with E-state index in [4.69, 9.17) is 18.0 Å². The summed E-state index contributed by atoms with van der Waals surface area (Å²) in [6.45, 7) is 0.242. The molecule has 7 heteroatoms. The summed E-state index contributed by atoms with van der Waals surface area (Å²) in [7, 11) is 0. The lowest BCUT2D eigenvalue weighted by Gasteiger charge is -2.04. The van der Waals surface area contributed by atoms with Gasteiger partial charge in [0.1, 0.15) is 5.56 Å². The van der Waals surface area contributed by atoms with Crippen molar-refractivity contribution in [2.75, 3.05) is 6.54 Å². The number of carbonyl (C=O) groups is 1. The maximum Gasteiger partial charge on any atom is 0.319 e. The van der Waals surface area contributed by atoms with Gasteiger partial charge in [-0.2, -0.15) is 0 Å². The van der Waals surface area contributed by atoms with Crippen molar-refractivity contribution >= 4 is 23.2 Å². The highest BCUT2D eigenvalue weighted by Gasteiger charge is 2.24. The number of rotatable bonds is 4. The average molecular weight is 254 g/mol. The topological polar surface area (TPSA) is 85.1 Å². The van der Waals surface area contributed by atoms with Crippen LogP contribution in [-0.2, 0) is 0 Å². The molecule has 1 N–H and O–H groups in total. The Hall–Kier alpha value is -2.13. The first-order chi connectivity index (χ1) is 8.07. The van der Waals surface area contributed by atoms with Crippen LogP contribution in [0.1, 0.15) is 16.8 Å². The molecule has 0 unspecified atom stereocenters. The molecule has 0 saturated heterocycles. The smallest absolute Gasteiger partial charge is 0.319 e. The standard InChI is InChI=1S/C10H8ClN3O3/c1-2-3-5-13-10(15)7-4-6-12-9(11)8(7)14(16)17/h1,4,6H,3,5H2,(H,13,15). The fourth-order valence-electron chi connectivity index (χ4n) is 1.13. The number of terminal acetylenes is 1. The van der Waals surface area contributed by atoms with Crippen LogP contribution >= 0.6 is 11.6 Å². The van der Waals surface area contributed by atoms with Gasteiger partial charge in [-0.25, -0.2) is 4.98 Å². The van der Waals surface area contributed by atoms with Crippen molar-refractivity contribution in [2.24, 2.45) is 0 Å². The summed E-state index contributed by atoms with van der Waals surface area (Å²) in [6, 6.07) is 1.23. The number of nitro groups is 1. The summed E-state index contributed by atoms with van der Waals surface area (Å²) in [5.41, 5.74) is -0.639. The van der Waals surface area contributed by atoms with Gasteiger partial charge in [-0.05, 0) is 6.07 Å². The molecule has 6 nitrogen and oxygen atoms in total. The normalized spacial score (nSPS) is 9.41. The van der Waals surface area contributed by atoms with Gasteiger partial charge < -0.3 is 5.32 Å². The molecule has 1 amide bonds. The number of carbonyl (C=O) groups excluding carboxylic acids is 1. The first kappa shape index (κ1) is 12.9. The molecule has 88 valence electrons. The van der Waals surface area contributed by atoms with E-state index < -0.39 is 16.5 Å². The lowest BCUT2D eigenvalue weighted by Crippen LogP contribution is -2.25. The molecule has 0 radical (unpaired) electrons. The molecular formula is C10H8ClN3O3. The van der Waals surface area contributed by atoms with E-state index in [0.29, 0.717) is 6.42 Å². The quantitative estimate of drug-likeness (QED) is 0.289. The van der Waals surface area contributed by atoms with Crippen LogP contribution in [0.5, 0.6) is 0 Å². The van der Waals surface area contributed by atoms with Crippen molar-refractivity contribution in [3.63, 3.8) is 0 Å². The Morgan fingerprint density at radius 2 is 2.41 bits per heavy atom. The zero-order chi connectivity index (χ0) is 12.8. The third-order valence-electron chi connectivity index (χ3n) is 1.86. The predicted octanol–water partition coefficient (Wildman–Crippen LogP) is 1.40. The lowest BCUT2D eigenvalue weighted by atomic mass is 10.2. The van der Waals surface area contributed by atoms with E-state index in [1.165, 1.54) is 12.3 Å². The molecule has 1 aromatic rings. The van der Waals surface area contributed by atoms with Crippen LogP contribution in [0.3, 0.4) is 0 Å². The molecule has 0 atom stereocenters. The number of hydrogen-bond donors (Lipinski definition) is 1. The van der Waals surface area contributed by atoms with E-state index in [1.54, 1.807) is 0 Å². The highest BCUT2D eigenvalue weighted by Crippen LogP contribution is 2.25. The molecule has 0 fully saturated rings. The fourth-order valence-corrected chi connectivity index (χ4v) is 1.36. The summed E-state index contributed by atoms with van der Waals surface area (Å²) in [4.78, 5) is 25.2. The summed E-state index contributed by atoms with van der Waals surface area (Å²) < 4.78 is 0. The molecule has 0 bridgehead atoms. The van der Waals surface area contributed by atoms with E-state index in [0.717, 1.165) is 0 Å². The summed E-state index contributed by atoms with van der Waals surface area (Å²) in [5.74, 6) is 1.74. The number of nitrogens with zero attached hydrogens (tertiary/aromatic N) is 2. The number of hydrogen-bond acceptors (Lipinski definition) is 4. The second kappa shape index (κ2) is 5.82. The van der Waals surface area contributed by atoms with Gasteiger partial charge in [0.2, 0.25) is 5.15 Å². The van der Waals surface area contributed by atoms with Crippen LogP contribution in [0.15, 0.2) is 12.3 Å². The Labute approximate surface area is 102 Å². The van der Waals surface area contributed by atoms with Gasteiger partial charge in [0.15, 0.2) is 0 Å². The van der Waals surface area contributed by atoms with Crippen molar-refractivity contribution < 1.29 is 9.72 Å². The second-order valence-electron chi connectivity index (χ2n) is 2.97. The lowest BCUT2D eigenvalue weighted by molar-refractivity contribution is -0.385.